The Labute approximate surface area is 128 Å². The molecule has 1 saturated carbocycles. The monoisotopic (exact) mass is 288 g/mol. The summed E-state index contributed by atoms with van der Waals surface area (Å²) in [4.78, 5) is 12.5. The number of nitrogens with two attached hydrogens (primary N) is 1. The number of amides is 1. The van der Waals surface area contributed by atoms with Gasteiger partial charge in [-0.3, -0.25) is 4.79 Å². The van der Waals surface area contributed by atoms with Crippen molar-refractivity contribution in [1.29, 1.82) is 0 Å². The molecule has 3 heteroatoms. The molecule has 0 aliphatic heterocycles. The van der Waals surface area contributed by atoms with Crippen molar-refractivity contribution in [3.8, 4) is 0 Å². The van der Waals surface area contributed by atoms with Crippen molar-refractivity contribution in [2.75, 3.05) is 6.54 Å². The first-order valence-corrected chi connectivity index (χ1v) is 8.17. The van der Waals surface area contributed by atoms with E-state index in [1.54, 1.807) is 0 Å². The van der Waals surface area contributed by atoms with Gasteiger partial charge in [-0.25, -0.2) is 0 Å². The Bertz CT molecular complexity index is 436. The third-order valence-electron chi connectivity index (χ3n) is 4.67. The lowest BCUT2D eigenvalue weighted by atomic mass is 9.81. The van der Waals surface area contributed by atoms with Crippen LogP contribution in [0.4, 0.5) is 0 Å². The Balaban J connectivity index is 1.96. The summed E-state index contributed by atoms with van der Waals surface area (Å²) in [5.74, 6) is 1.38. The number of benzene rings is 1. The molecule has 1 atom stereocenters. The number of carbonyl (C=O) groups excluding carboxylic acids is 1. The van der Waals surface area contributed by atoms with E-state index in [4.69, 9.17) is 5.73 Å². The van der Waals surface area contributed by atoms with E-state index in [-0.39, 0.29) is 17.9 Å². The smallest absolute Gasteiger partial charge is 0.223 e. The lowest BCUT2D eigenvalue weighted by Crippen LogP contribution is -2.38. The number of hydrogen-bond acceptors (Lipinski definition) is 2. The molecule has 21 heavy (non-hydrogen) atoms. The maximum absolute atomic E-state index is 12.5. The van der Waals surface area contributed by atoms with Crippen molar-refractivity contribution in [2.24, 2.45) is 23.5 Å². The average molecular weight is 288 g/mol. The van der Waals surface area contributed by atoms with Crippen LogP contribution in [0.15, 0.2) is 30.3 Å². The minimum atomic E-state index is 0.103. The fourth-order valence-corrected chi connectivity index (χ4v) is 3.23. The lowest BCUT2D eigenvalue weighted by Gasteiger charge is -2.30. The number of nitrogens with one attached hydrogen (secondary N) is 1. The second kappa shape index (κ2) is 7.60. The molecule has 0 radical (unpaired) electrons. The van der Waals surface area contributed by atoms with Crippen molar-refractivity contribution in [1.82, 2.24) is 5.32 Å². The zero-order valence-electron chi connectivity index (χ0n) is 13.2. The van der Waals surface area contributed by atoms with Gasteiger partial charge in [0.05, 0.1) is 6.04 Å². The molecule has 1 amide bonds. The van der Waals surface area contributed by atoms with Crippen LogP contribution in [0.5, 0.6) is 0 Å². The molecule has 1 aliphatic carbocycles. The fraction of sp³-hybridized carbons (Fsp3) is 0.611. The molecule has 1 unspecified atom stereocenters. The second-order valence-electron chi connectivity index (χ2n) is 6.59. The van der Waals surface area contributed by atoms with Crippen LogP contribution in [0, 0.1) is 17.8 Å². The summed E-state index contributed by atoms with van der Waals surface area (Å²) < 4.78 is 0. The molecule has 0 saturated heterocycles. The first-order chi connectivity index (χ1) is 10.1. The van der Waals surface area contributed by atoms with Gasteiger partial charge in [-0.15, -0.1) is 0 Å². The highest BCUT2D eigenvalue weighted by Crippen LogP contribution is 2.29. The minimum Gasteiger partial charge on any atom is -0.349 e. The molecular weight excluding hydrogens is 260 g/mol. The van der Waals surface area contributed by atoms with Crippen LogP contribution in [0.25, 0.3) is 0 Å². The van der Waals surface area contributed by atoms with E-state index in [0.29, 0.717) is 11.8 Å². The summed E-state index contributed by atoms with van der Waals surface area (Å²) in [5, 5.41) is 3.27. The molecule has 0 spiro atoms. The molecule has 3 N–H and O–H groups in total. The van der Waals surface area contributed by atoms with Crippen LogP contribution >= 0.6 is 0 Å². The van der Waals surface area contributed by atoms with E-state index in [1.165, 1.54) is 5.56 Å². The van der Waals surface area contributed by atoms with Crippen LogP contribution < -0.4 is 11.1 Å². The molecule has 0 bridgehead atoms. The highest BCUT2D eigenvalue weighted by Gasteiger charge is 2.28. The molecule has 2 rings (SSSR count). The summed E-state index contributed by atoms with van der Waals surface area (Å²) in [7, 11) is 0. The van der Waals surface area contributed by atoms with Crippen molar-refractivity contribution >= 4 is 5.91 Å². The molecule has 1 aromatic rings. The molecule has 116 valence electrons. The standard InChI is InChI=1S/C18H28N2O/c1-13(2)17(15-6-4-3-5-7-15)20-18(21)16-10-8-14(12-19)9-11-16/h3-7,13-14,16-17H,8-12,19H2,1-2H3,(H,20,21). The maximum Gasteiger partial charge on any atom is 0.223 e. The Morgan fingerprint density at radius 2 is 1.81 bits per heavy atom. The Morgan fingerprint density at radius 1 is 1.19 bits per heavy atom. The molecular formula is C18H28N2O. The van der Waals surface area contributed by atoms with Crippen LogP contribution in [-0.2, 0) is 4.79 Å². The summed E-state index contributed by atoms with van der Waals surface area (Å²) in [6.45, 7) is 5.07. The van der Waals surface area contributed by atoms with Gasteiger partial charge in [0.15, 0.2) is 0 Å². The Kier molecular flexibility index (Phi) is 5.80. The third kappa shape index (κ3) is 4.31. The van der Waals surface area contributed by atoms with Crippen molar-refractivity contribution in [2.45, 2.75) is 45.6 Å². The minimum absolute atomic E-state index is 0.103. The van der Waals surface area contributed by atoms with Gasteiger partial charge >= 0.3 is 0 Å². The lowest BCUT2D eigenvalue weighted by molar-refractivity contribution is -0.127. The van der Waals surface area contributed by atoms with Crippen molar-refractivity contribution < 1.29 is 4.79 Å². The van der Waals surface area contributed by atoms with E-state index in [0.717, 1.165) is 32.2 Å². The Morgan fingerprint density at radius 3 is 2.33 bits per heavy atom. The van der Waals surface area contributed by atoms with Gasteiger partial charge in [0.1, 0.15) is 0 Å². The quantitative estimate of drug-likeness (QED) is 0.873. The predicted molar refractivity (Wildman–Crippen MR) is 86.7 cm³/mol. The second-order valence-corrected chi connectivity index (χ2v) is 6.59. The van der Waals surface area contributed by atoms with Crippen molar-refractivity contribution in [3.05, 3.63) is 35.9 Å². The fourth-order valence-electron chi connectivity index (χ4n) is 3.23. The van der Waals surface area contributed by atoms with Crippen molar-refractivity contribution in [3.63, 3.8) is 0 Å². The molecule has 1 aliphatic rings. The number of carbonyl (C=O) groups is 1. The molecule has 0 aromatic heterocycles. The predicted octanol–water partition coefficient (Wildman–Crippen LogP) is 3.27. The van der Waals surface area contributed by atoms with E-state index >= 15 is 0 Å². The van der Waals surface area contributed by atoms with Gasteiger partial charge < -0.3 is 11.1 Å². The summed E-state index contributed by atoms with van der Waals surface area (Å²) in [6, 6.07) is 10.4. The SMILES string of the molecule is CC(C)C(NC(=O)C1CCC(CN)CC1)c1ccccc1. The average Bonchev–Trinajstić information content (AvgIpc) is 2.53. The van der Waals surface area contributed by atoms with E-state index in [9.17, 15) is 4.79 Å². The molecule has 0 heterocycles. The van der Waals surface area contributed by atoms with Gasteiger partial charge in [0.2, 0.25) is 5.91 Å². The van der Waals surface area contributed by atoms with Gasteiger partial charge in [-0.2, -0.15) is 0 Å². The third-order valence-corrected chi connectivity index (χ3v) is 4.67. The zero-order valence-corrected chi connectivity index (χ0v) is 13.2. The van der Waals surface area contributed by atoms with Gasteiger partial charge in [-0.05, 0) is 49.6 Å². The van der Waals surface area contributed by atoms with Crippen LogP contribution in [0.1, 0.15) is 51.1 Å². The highest BCUT2D eigenvalue weighted by atomic mass is 16.1. The van der Waals surface area contributed by atoms with Crippen LogP contribution in [0.2, 0.25) is 0 Å². The summed E-state index contributed by atoms with van der Waals surface area (Å²) in [5.41, 5.74) is 6.91. The highest BCUT2D eigenvalue weighted by molar-refractivity contribution is 5.79. The van der Waals surface area contributed by atoms with Gasteiger partial charge in [0.25, 0.3) is 0 Å². The van der Waals surface area contributed by atoms with Crippen LogP contribution in [-0.4, -0.2) is 12.5 Å². The number of rotatable bonds is 5. The van der Waals surface area contributed by atoms with Gasteiger partial charge in [-0.1, -0.05) is 44.2 Å². The first-order valence-electron chi connectivity index (χ1n) is 8.17. The largest absolute Gasteiger partial charge is 0.349 e. The number of hydrogen-bond donors (Lipinski definition) is 2. The van der Waals surface area contributed by atoms with Crippen LogP contribution in [0.3, 0.4) is 0 Å². The topological polar surface area (TPSA) is 55.1 Å². The van der Waals surface area contributed by atoms with E-state index in [2.05, 4.69) is 31.3 Å². The normalized spacial score (nSPS) is 23.8. The molecule has 3 nitrogen and oxygen atoms in total. The summed E-state index contributed by atoms with van der Waals surface area (Å²) >= 11 is 0. The van der Waals surface area contributed by atoms with E-state index < -0.39 is 0 Å². The van der Waals surface area contributed by atoms with Gasteiger partial charge in [0, 0.05) is 5.92 Å². The zero-order chi connectivity index (χ0) is 15.2. The summed E-state index contributed by atoms with van der Waals surface area (Å²) in [6.07, 6.45) is 4.14. The first kappa shape index (κ1) is 16.0. The maximum atomic E-state index is 12.5. The van der Waals surface area contributed by atoms with E-state index in [1.807, 2.05) is 18.2 Å². The molecule has 1 aromatic carbocycles. The molecule has 1 fully saturated rings. The Hall–Kier alpha value is -1.35.